The van der Waals surface area contributed by atoms with Crippen LogP contribution in [0.4, 0.5) is 0 Å². The van der Waals surface area contributed by atoms with E-state index in [1.165, 1.54) is 12.2 Å². The van der Waals surface area contributed by atoms with Crippen molar-refractivity contribution in [3.63, 3.8) is 0 Å². The minimum Gasteiger partial charge on any atom is -0.299 e. The van der Waals surface area contributed by atoms with E-state index < -0.39 is 0 Å². The van der Waals surface area contributed by atoms with E-state index in [9.17, 15) is 4.79 Å². The lowest BCUT2D eigenvalue weighted by Gasteiger charge is -2.01. The number of allylic oxidation sites excluding steroid dienone is 1. The maximum Gasteiger partial charge on any atom is 0.142 e. The van der Waals surface area contributed by atoms with Crippen LogP contribution in [0.5, 0.6) is 0 Å². The van der Waals surface area contributed by atoms with Crippen LogP contribution >= 0.6 is 34.8 Å². The summed E-state index contributed by atoms with van der Waals surface area (Å²) < 4.78 is 0. The molecule has 13 heavy (non-hydrogen) atoms. The Morgan fingerprint density at radius 1 is 1.08 bits per heavy atom. The number of halogens is 3. The van der Waals surface area contributed by atoms with E-state index in [1.807, 2.05) is 0 Å². The van der Waals surface area contributed by atoms with Gasteiger partial charge in [0.15, 0.2) is 0 Å². The number of carbonyl (C=O) groups excluding carboxylic acids is 1. The van der Waals surface area contributed by atoms with Crippen LogP contribution in [0.15, 0.2) is 18.2 Å². The number of rotatable bonds is 2. The fourth-order valence-electron chi connectivity index (χ4n) is 0.848. The molecule has 0 aliphatic rings. The van der Waals surface area contributed by atoms with Crippen LogP contribution in [-0.2, 0) is 4.79 Å². The van der Waals surface area contributed by atoms with Crippen LogP contribution < -0.4 is 0 Å². The van der Waals surface area contributed by atoms with E-state index in [-0.39, 0.29) is 0 Å². The SMILES string of the molecule is O=CC=Cc1c(Cl)cc(Cl)cc1Cl. The molecule has 0 unspecified atom stereocenters. The molecule has 1 aromatic carbocycles. The van der Waals surface area contributed by atoms with E-state index in [2.05, 4.69) is 0 Å². The van der Waals surface area contributed by atoms with Gasteiger partial charge in [-0.1, -0.05) is 34.8 Å². The van der Waals surface area contributed by atoms with Crippen LogP contribution in [0, 0.1) is 0 Å². The van der Waals surface area contributed by atoms with Crippen molar-refractivity contribution in [2.75, 3.05) is 0 Å². The van der Waals surface area contributed by atoms with E-state index >= 15 is 0 Å². The fraction of sp³-hybridized carbons (Fsp3) is 0. The van der Waals surface area contributed by atoms with Gasteiger partial charge < -0.3 is 0 Å². The Labute approximate surface area is 90.9 Å². The molecule has 4 heteroatoms. The normalized spacial score (nSPS) is 10.7. The van der Waals surface area contributed by atoms with Gasteiger partial charge in [0.25, 0.3) is 0 Å². The Balaban J connectivity index is 3.20. The zero-order valence-electron chi connectivity index (χ0n) is 6.43. The molecule has 0 aliphatic carbocycles. The minimum absolute atomic E-state index is 0.426. The van der Waals surface area contributed by atoms with Crippen molar-refractivity contribution in [2.24, 2.45) is 0 Å². The molecular weight excluding hydrogens is 230 g/mol. The van der Waals surface area contributed by atoms with E-state index in [0.29, 0.717) is 26.9 Å². The summed E-state index contributed by atoms with van der Waals surface area (Å²) in [4.78, 5) is 10.1. The Morgan fingerprint density at radius 2 is 1.62 bits per heavy atom. The van der Waals surface area contributed by atoms with Gasteiger partial charge in [-0.25, -0.2) is 0 Å². The van der Waals surface area contributed by atoms with Crippen molar-refractivity contribution in [3.8, 4) is 0 Å². The zero-order valence-corrected chi connectivity index (χ0v) is 8.70. The summed E-state index contributed by atoms with van der Waals surface area (Å²) >= 11 is 17.4. The van der Waals surface area contributed by atoms with Gasteiger partial charge in [-0.05, 0) is 24.3 Å². The van der Waals surface area contributed by atoms with Crippen molar-refractivity contribution in [1.82, 2.24) is 0 Å². The standard InChI is InChI=1S/C9H5Cl3O/c10-6-4-8(11)7(2-1-3-13)9(12)5-6/h1-5H. The highest BCUT2D eigenvalue weighted by molar-refractivity contribution is 6.40. The molecule has 0 heterocycles. The first-order valence-electron chi connectivity index (χ1n) is 3.41. The molecule has 0 radical (unpaired) electrons. The third-order valence-corrected chi connectivity index (χ3v) is 2.23. The summed E-state index contributed by atoms with van der Waals surface area (Å²) in [7, 11) is 0. The highest BCUT2D eigenvalue weighted by Gasteiger charge is 2.03. The molecule has 0 saturated carbocycles. The number of benzene rings is 1. The highest BCUT2D eigenvalue weighted by Crippen LogP contribution is 2.29. The summed E-state index contributed by atoms with van der Waals surface area (Å²) in [6.45, 7) is 0. The second kappa shape index (κ2) is 4.66. The van der Waals surface area contributed by atoms with Crippen molar-refractivity contribution in [3.05, 3.63) is 38.8 Å². The van der Waals surface area contributed by atoms with Crippen LogP contribution in [0.3, 0.4) is 0 Å². The van der Waals surface area contributed by atoms with Crippen molar-refractivity contribution >= 4 is 47.2 Å². The molecule has 1 rings (SSSR count). The quantitative estimate of drug-likeness (QED) is 0.562. The maximum absolute atomic E-state index is 10.1. The van der Waals surface area contributed by atoms with Gasteiger partial charge >= 0.3 is 0 Å². The van der Waals surface area contributed by atoms with Crippen molar-refractivity contribution < 1.29 is 4.79 Å². The molecule has 0 spiro atoms. The molecule has 68 valence electrons. The monoisotopic (exact) mass is 234 g/mol. The number of aldehydes is 1. The second-order valence-electron chi connectivity index (χ2n) is 2.28. The molecule has 0 amide bonds. The average molecular weight is 235 g/mol. The lowest BCUT2D eigenvalue weighted by molar-refractivity contribution is -0.104. The topological polar surface area (TPSA) is 17.1 Å². The summed E-state index contributed by atoms with van der Waals surface area (Å²) in [5, 5.41) is 1.32. The molecule has 0 aromatic heterocycles. The first-order valence-corrected chi connectivity index (χ1v) is 4.55. The molecular formula is C9H5Cl3O. The van der Waals surface area contributed by atoms with Gasteiger partial charge in [0.1, 0.15) is 6.29 Å². The summed E-state index contributed by atoms with van der Waals surface area (Å²) in [6.07, 6.45) is 3.51. The smallest absolute Gasteiger partial charge is 0.142 e. The number of hydrogen-bond donors (Lipinski definition) is 0. The van der Waals surface area contributed by atoms with E-state index in [0.717, 1.165) is 0 Å². The lowest BCUT2D eigenvalue weighted by atomic mass is 10.2. The Morgan fingerprint density at radius 3 is 2.08 bits per heavy atom. The predicted octanol–water partition coefficient (Wildman–Crippen LogP) is 3.86. The zero-order chi connectivity index (χ0) is 9.84. The Kier molecular flexibility index (Phi) is 3.79. The molecule has 1 aromatic rings. The van der Waals surface area contributed by atoms with Crippen LogP contribution in [0.2, 0.25) is 15.1 Å². The Bertz CT molecular complexity index is 335. The van der Waals surface area contributed by atoms with Gasteiger partial charge in [-0.2, -0.15) is 0 Å². The molecule has 0 fully saturated rings. The second-order valence-corrected chi connectivity index (χ2v) is 3.53. The maximum atomic E-state index is 10.1. The van der Waals surface area contributed by atoms with Gasteiger partial charge in [-0.15, -0.1) is 0 Å². The van der Waals surface area contributed by atoms with Gasteiger partial charge in [0, 0.05) is 10.6 Å². The van der Waals surface area contributed by atoms with Crippen LogP contribution in [-0.4, -0.2) is 6.29 Å². The molecule has 1 nitrogen and oxygen atoms in total. The Hall–Kier alpha value is -0.500. The minimum atomic E-state index is 0.426. The molecule has 0 bridgehead atoms. The highest BCUT2D eigenvalue weighted by atomic mass is 35.5. The van der Waals surface area contributed by atoms with E-state index in [4.69, 9.17) is 34.8 Å². The van der Waals surface area contributed by atoms with Gasteiger partial charge in [0.05, 0.1) is 10.0 Å². The summed E-state index contributed by atoms with van der Waals surface area (Å²) in [5.41, 5.74) is 0.597. The van der Waals surface area contributed by atoms with Crippen molar-refractivity contribution in [2.45, 2.75) is 0 Å². The molecule has 0 saturated heterocycles. The predicted molar refractivity (Wildman–Crippen MR) is 56.6 cm³/mol. The van der Waals surface area contributed by atoms with Crippen LogP contribution in [0.1, 0.15) is 5.56 Å². The first kappa shape index (κ1) is 10.6. The number of hydrogen-bond acceptors (Lipinski definition) is 1. The fourth-order valence-corrected chi connectivity index (χ4v) is 1.79. The van der Waals surface area contributed by atoms with E-state index in [1.54, 1.807) is 12.1 Å². The third kappa shape index (κ3) is 2.73. The largest absolute Gasteiger partial charge is 0.299 e. The molecule has 0 aliphatic heterocycles. The molecule has 0 N–H and O–H groups in total. The van der Waals surface area contributed by atoms with Gasteiger partial charge in [0.2, 0.25) is 0 Å². The molecule has 0 atom stereocenters. The first-order chi connectivity index (χ1) is 6.15. The van der Waals surface area contributed by atoms with Gasteiger partial charge in [-0.3, -0.25) is 4.79 Å². The number of carbonyl (C=O) groups is 1. The van der Waals surface area contributed by atoms with Crippen LogP contribution in [0.25, 0.3) is 6.08 Å². The lowest BCUT2D eigenvalue weighted by Crippen LogP contribution is -1.78. The summed E-state index contributed by atoms with van der Waals surface area (Å²) in [6, 6.07) is 3.14. The third-order valence-electron chi connectivity index (χ3n) is 1.39. The summed E-state index contributed by atoms with van der Waals surface area (Å²) in [5.74, 6) is 0. The average Bonchev–Trinajstić information content (AvgIpc) is 2.02. The van der Waals surface area contributed by atoms with Crippen molar-refractivity contribution in [1.29, 1.82) is 0 Å².